The highest BCUT2D eigenvalue weighted by Gasteiger charge is 2.21. The second-order valence-electron chi connectivity index (χ2n) is 6.41. The maximum atomic E-state index is 12.6. The third-order valence-corrected chi connectivity index (χ3v) is 7.40. The van der Waals surface area contributed by atoms with Gasteiger partial charge in [0.15, 0.2) is 0 Å². The van der Waals surface area contributed by atoms with E-state index in [9.17, 15) is 8.42 Å². The summed E-state index contributed by atoms with van der Waals surface area (Å²) in [7, 11) is -3.42. The summed E-state index contributed by atoms with van der Waals surface area (Å²) in [5.41, 5.74) is 4.31. The zero-order chi connectivity index (χ0) is 21.4. The predicted octanol–water partition coefficient (Wildman–Crippen LogP) is 5.77. The molecule has 0 spiro atoms. The van der Waals surface area contributed by atoms with Gasteiger partial charge in [-0.25, -0.2) is 13.4 Å². The van der Waals surface area contributed by atoms with Gasteiger partial charge in [0.05, 0.1) is 15.6 Å². The highest BCUT2D eigenvalue weighted by atomic mass is 32.2. The molecular weight excluding hydrogens is 400 g/mol. The lowest BCUT2D eigenvalue weighted by Crippen LogP contribution is -2.30. The van der Waals surface area contributed by atoms with Gasteiger partial charge in [0.1, 0.15) is 0 Å². The summed E-state index contributed by atoms with van der Waals surface area (Å²) in [5, 5.41) is 3.08. The molecule has 29 heavy (non-hydrogen) atoms. The second kappa shape index (κ2) is 10.7. The van der Waals surface area contributed by atoms with Crippen LogP contribution in [0.25, 0.3) is 11.3 Å². The molecule has 156 valence electrons. The first-order chi connectivity index (χ1) is 13.9. The predicted molar refractivity (Wildman–Crippen MR) is 123 cm³/mol. The van der Waals surface area contributed by atoms with Crippen LogP contribution in [0, 0.1) is 6.92 Å². The van der Waals surface area contributed by atoms with E-state index >= 15 is 0 Å². The summed E-state index contributed by atoms with van der Waals surface area (Å²) in [6.07, 6.45) is 0.806. The summed E-state index contributed by atoms with van der Waals surface area (Å²) in [5.74, 6) is 0. The van der Waals surface area contributed by atoms with E-state index in [1.165, 1.54) is 15.4 Å². The standard InChI is InChI=1S/C21H24N2O2S2.C2H6/c1-4-23(5-2)27(24,25)19-11-9-18(10-12-19)20-15-26-21(22-20)14-17-8-6-7-16(3)13-17;1-2/h6-13,15H,4-5,14H2,1-3H3;1-2H3. The molecule has 6 heteroatoms. The number of hydrogen-bond acceptors (Lipinski definition) is 4. The van der Waals surface area contributed by atoms with Crippen LogP contribution < -0.4 is 0 Å². The van der Waals surface area contributed by atoms with Crippen molar-refractivity contribution in [2.24, 2.45) is 0 Å². The van der Waals surface area contributed by atoms with Crippen molar-refractivity contribution in [3.63, 3.8) is 0 Å². The van der Waals surface area contributed by atoms with Crippen LogP contribution in [-0.2, 0) is 16.4 Å². The molecule has 0 radical (unpaired) electrons. The molecule has 3 aromatic rings. The first kappa shape index (κ1) is 23.3. The zero-order valence-corrected chi connectivity index (χ0v) is 19.5. The van der Waals surface area contributed by atoms with Crippen LogP contribution in [0.2, 0.25) is 0 Å². The van der Waals surface area contributed by atoms with Crippen molar-refractivity contribution in [3.8, 4) is 11.3 Å². The highest BCUT2D eigenvalue weighted by Crippen LogP contribution is 2.25. The van der Waals surface area contributed by atoms with E-state index in [0.717, 1.165) is 22.7 Å². The molecule has 0 aliphatic rings. The first-order valence-corrected chi connectivity index (χ1v) is 12.4. The Kier molecular flexibility index (Phi) is 8.56. The van der Waals surface area contributed by atoms with Crippen LogP contribution in [-0.4, -0.2) is 30.8 Å². The van der Waals surface area contributed by atoms with Gasteiger partial charge in [-0.05, 0) is 24.6 Å². The van der Waals surface area contributed by atoms with E-state index in [1.807, 2.05) is 45.2 Å². The summed E-state index contributed by atoms with van der Waals surface area (Å²) >= 11 is 1.63. The van der Waals surface area contributed by atoms with E-state index in [1.54, 1.807) is 23.5 Å². The molecule has 0 bridgehead atoms. The maximum absolute atomic E-state index is 12.6. The summed E-state index contributed by atoms with van der Waals surface area (Å²) in [4.78, 5) is 5.05. The van der Waals surface area contributed by atoms with Crippen LogP contribution >= 0.6 is 11.3 Å². The highest BCUT2D eigenvalue weighted by molar-refractivity contribution is 7.89. The minimum Gasteiger partial charge on any atom is -0.241 e. The maximum Gasteiger partial charge on any atom is 0.243 e. The van der Waals surface area contributed by atoms with Gasteiger partial charge in [-0.3, -0.25) is 0 Å². The van der Waals surface area contributed by atoms with E-state index in [2.05, 4.69) is 31.2 Å². The Bertz CT molecular complexity index is 1010. The summed E-state index contributed by atoms with van der Waals surface area (Å²) < 4.78 is 26.6. The molecule has 0 aliphatic heterocycles. The van der Waals surface area contributed by atoms with Crippen molar-refractivity contribution >= 4 is 21.4 Å². The second-order valence-corrected chi connectivity index (χ2v) is 9.29. The number of nitrogens with zero attached hydrogens (tertiary/aromatic N) is 2. The lowest BCUT2D eigenvalue weighted by molar-refractivity contribution is 0.445. The Morgan fingerprint density at radius 2 is 1.66 bits per heavy atom. The lowest BCUT2D eigenvalue weighted by atomic mass is 10.1. The molecule has 0 fully saturated rings. The smallest absolute Gasteiger partial charge is 0.241 e. The third kappa shape index (κ3) is 5.75. The normalized spacial score (nSPS) is 11.2. The molecule has 0 unspecified atom stereocenters. The van der Waals surface area contributed by atoms with Gasteiger partial charge in [-0.1, -0.05) is 69.7 Å². The van der Waals surface area contributed by atoms with Crippen LogP contribution in [0.15, 0.2) is 58.8 Å². The molecule has 0 amide bonds. The van der Waals surface area contributed by atoms with E-state index in [4.69, 9.17) is 4.98 Å². The van der Waals surface area contributed by atoms with Crippen LogP contribution in [0.5, 0.6) is 0 Å². The Hall–Kier alpha value is -2.02. The van der Waals surface area contributed by atoms with Gasteiger partial charge in [-0.2, -0.15) is 4.31 Å². The molecule has 1 aromatic heterocycles. The third-order valence-electron chi connectivity index (χ3n) is 4.48. The molecule has 3 rings (SSSR count). The number of benzene rings is 2. The van der Waals surface area contributed by atoms with E-state index < -0.39 is 10.0 Å². The van der Waals surface area contributed by atoms with Gasteiger partial charge < -0.3 is 0 Å². The zero-order valence-electron chi connectivity index (χ0n) is 17.8. The Morgan fingerprint density at radius 1 is 1.00 bits per heavy atom. The lowest BCUT2D eigenvalue weighted by Gasteiger charge is -2.18. The monoisotopic (exact) mass is 430 g/mol. The van der Waals surface area contributed by atoms with Crippen molar-refractivity contribution in [1.29, 1.82) is 0 Å². The largest absolute Gasteiger partial charge is 0.243 e. The topological polar surface area (TPSA) is 50.3 Å². The van der Waals surface area contributed by atoms with Crippen molar-refractivity contribution in [1.82, 2.24) is 9.29 Å². The van der Waals surface area contributed by atoms with Gasteiger partial charge in [-0.15, -0.1) is 11.3 Å². The molecule has 4 nitrogen and oxygen atoms in total. The number of rotatable bonds is 7. The first-order valence-electron chi connectivity index (χ1n) is 10.0. The van der Waals surface area contributed by atoms with Crippen LogP contribution in [0.1, 0.15) is 43.8 Å². The van der Waals surface area contributed by atoms with E-state index in [-0.39, 0.29) is 0 Å². The van der Waals surface area contributed by atoms with Crippen LogP contribution in [0.3, 0.4) is 0 Å². The van der Waals surface area contributed by atoms with Gasteiger partial charge in [0.2, 0.25) is 10.0 Å². The average Bonchev–Trinajstić information content (AvgIpc) is 3.19. The summed E-state index contributed by atoms with van der Waals surface area (Å²) in [6.45, 7) is 10.7. The fourth-order valence-corrected chi connectivity index (χ4v) is 5.33. The minimum atomic E-state index is -3.42. The van der Waals surface area contributed by atoms with Gasteiger partial charge in [0.25, 0.3) is 0 Å². The average molecular weight is 431 g/mol. The van der Waals surface area contributed by atoms with Crippen molar-refractivity contribution < 1.29 is 8.42 Å². The Morgan fingerprint density at radius 3 is 2.24 bits per heavy atom. The van der Waals surface area contributed by atoms with Crippen LogP contribution in [0.4, 0.5) is 0 Å². The number of aryl methyl sites for hydroxylation is 1. The van der Waals surface area contributed by atoms with Gasteiger partial charge >= 0.3 is 0 Å². The summed E-state index contributed by atoms with van der Waals surface area (Å²) in [6, 6.07) is 15.4. The number of thiazole rings is 1. The van der Waals surface area contributed by atoms with Crippen molar-refractivity contribution in [3.05, 3.63) is 70.0 Å². The SMILES string of the molecule is CC.CCN(CC)S(=O)(=O)c1ccc(-c2csc(Cc3cccc(C)c3)n2)cc1. The minimum absolute atomic E-state index is 0.324. The van der Waals surface area contributed by atoms with E-state index in [0.29, 0.717) is 18.0 Å². The molecule has 0 aliphatic carbocycles. The molecule has 0 saturated carbocycles. The fraction of sp³-hybridized carbons (Fsp3) is 0.348. The molecule has 0 atom stereocenters. The Labute approximate surface area is 179 Å². The molecule has 0 N–H and O–H groups in total. The van der Waals surface area contributed by atoms with Gasteiger partial charge in [0, 0.05) is 30.5 Å². The fourth-order valence-electron chi connectivity index (χ4n) is 3.03. The molecule has 1 heterocycles. The Balaban J connectivity index is 0.00000145. The number of hydrogen-bond donors (Lipinski definition) is 0. The van der Waals surface area contributed by atoms with Crippen molar-refractivity contribution in [2.75, 3.05) is 13.1 Å². The molecule has 0 saturated heterocycles. The molecular formula is C23H30N2O2S2. The number of aromatic nitrogens is 1. The molecule has 2 aromatic carbocycles. The quantitative estimate of drug-likeness (QED) is 0.478. The van der Waals surface area contributed by atoms with Crippen molar-refractivity contribution in [2.45, 2.75) is 45.9 Å². The number of sulfonamides is 1.